The number of fused-ring (bicyclic) bond motifs is 1. The summed E-state index contributed by atoms with van der Waals surface area (Å²) in [6, 6.07) is 4.08. The zero-order valence-corrected chi connectivity index (χ0v) is 14.6. The highest BCUT2D eigenvalue weighted by molar-refractivity contribution is 5.47. The van der Waals surface area contributed by atoms with Gasteiger partial charge in [-0.25, -0.2) is 0 Å². The summed E-state index contributed by atoms with van der Waals surface area (Å²) >= 11 is 0. The Bertz CT molecular complexity index is 758. The van der Waals surface area contributed by atoms with Crippen molar-refractivity contribution in [1.29, 1.82) is 0 Å². The van der Waals surface area contributed by atoms with Gasteiger partial charge in [0.2, 0.25) is 0 Å². The van der Waals surface area contributed by atoms with Gasteiger partial charge in [0.25, 0.3) is 0 Å². The fourth-order valence-electron chi connectivity index (χ4n) is 4.27. The van der Waals surface area contributed by atoms with E-state index in [-0.39, 0.29) is 0 Å². The van der Waals surface area contributed by atoms with Crippen LogP contribution in [0.2, 0.25) is 0 Å². The van der Waals surface area contributed by atoms with Gasteiger partial charge < -0.3 is 14.9 Å². The fourth-order valence-corrected chi connectivity index (χ4v) is 4.27. The van der Waals surface area contributed by atoms with Gasteiger partial charge in [-0.15, -0.1) is 15.3 Å². The molecule has 4 heterocycles. The molecule has 2 saturated heterocycles. The lowest BCUT2D eigenvalue weighted by Crippen LogP contribution is -2.49. The maximum Gasteiger partial charge on any atom is 0.178 e. The van der Waals surface area contributed by atoms with E-state index in [0.717, 1.165) is 75.7 Å². The number of β-amino-alcohol motifs (C(OH)–C–C–N with tert-alkyl or cyclic N) is 1. The highest BCUT2D eigenvalue weighted by Gasteiger charge is 2.37. The molecule has 0 amide bonds. The Hall–Kier alpha value is -1.73. The molecule has 0 radical (unpaired) electrons. The maximum absolute atomic E-state index is 10.4. The molecule has 2 aromatic rings. The minimum Gasteiger partial charge on any atom is -0.389 e. The summed E-state index contributed by atoms with van der Waals surface area (Å²) < 4.78 is 1.95. The fraction of sp³-hybridized carbons (Fsp3) is 0.722. The van der Waals surface area contributed by atoms with Crippen molar-refractivity contribution in [2.75, 3.05) is 37.6 Å². The third-order valence-corrected chi connectivity index (χ3v) is 6.21. The van der Waals surface area contributed by atoms with Crippen LogP contribution >= 0.6 is 0 Å². The van der Waals surface area contributed by atoms with Crippen molar-refractivity contribution in [1.82, 2.24) is 24.7 Å². The van der Waals surface area contributed by atoms with Crippen LogP contribution in [0, 0.1) is 0 Å². The molecular formula is C18H26N6O. The van der Waals surface area contributed by atoms with Crippen molar-refractivity contribution in [3.8, 4) is 0 Å². The molecule has 7 heteroatoms. The summed E-state index contributed by atoms with van der Waals surface area (Å²) in [5.41, 5.74) is 0.424. The van der Waals surface area contributed by atoms with Gasteiger partial charge >= 0.3 is 0 Å². The average Bonchev–Trinajstić information content (AvgIpc) is 2.96. The third kappa shape index (κ3) is 2.79. The van der Waals surface area contributed by atoms with Crippen LogP contribution in [0.4, 0.5) is 5.82 Å². The first kappa shape index (κ1) is 15.5. The Kier molecular flexibility index (Phi) is 3.67. The molecule has 0 spiro atoms. The highest BCUT2D eigenvalue weighted by Crippen LogP contribution is 2.34. The molecule has 0 atom stereocenters. The highest BCUT2D eigenvalue weighted by atomic mass is 16.3. The van der Waals surface area contributed by atoms with Crippen LogP contribution in [-0.4, -0.2) is 68.1 Å². The molecule has 5 rings (SSSR count). The van der Waals surface area contributed by atoms with Gasteiger partial charge in [0, 0.05) is 25.6 Å². The van der Waals surface area contributed by atoms with Crippen LogP contribution in [0.3, 0.4) is 0 Å². The maximum atomic E-state index is 10.4. The monoisotopic (exact) mass is 342 g/mol. The van der Waals surface area contributed by atoms with E-state index in [4.69, 9.17) is 5.10 Å². The largest absolute Gasteiger partial charge is 0.389 e. The smallest absolute Gasteiger partial charge is 0.178 e. The topological polar surface area (TPSA) is 69.8 Å². The summed E-state index contributed by atoms with van der Waals surface area (Å²) in [4.78, 5) is 4.71. The number of nitrogens with zero attached hydrogens (tertiary/aromatic N) is 6. The molecule has 25 heavy (non-hydrogen) atoms. The van der Waals surface area contributed by atoms with Crippen LogP contribution in [0.1, 0.15) is 50.3 Å². The molecule has 134 valence electrons. The summed E-state index contributed by atoms with van der Waals surface area (Å²) in [5, 5.41) is 24.0. The molecule has 2 aliphatic heterocycles. The molecule has 1 N–H and O–H groups in total. The lowest BCUT2D eigenvalue weighted by atomic mass is 9.79. The van der Waals surface area contributed by atoms with Crippen molar-refractivity contribution < 1.29 is 5.11 Å². The molecule has 3 aliphatic rings. The molecule has 1 saturated carbocycles. The second-order valence-corrected chi connectivity index (χ2v) is 7.99. The number of anilines is 1. The Morgan fingerprint density at radius 2 is 1.84 bits per heavy atom. The summed E-state index contributed by atoms with van der Waals surface area (Å²) in [6.45, 7) is 5.06. The van der Waals surface area contributed by atoms with E-state index in [1.54, 1.807) is 0 Å². The van der Waals surface area contributed by atoms with E-state index in [9.17, 15) is 5.11 Å². The first-order valence-corrected chi connectivity index (χ1v) is 9.62. The number of rotatable bonds is 4. The van der Waals surface area contributed by atoms with Crippen molar-refractivity contribution in [2.24, 2.45) is 0 Å². The number of hydrogen-bond acceptors (Lipinski definition) is 6. The van der Waals surface area contributed by atoms with Gasteiger partial charge in [0.15, 0.2) is 11.5 Å². The van der Waals surface area contributed by atoms with E-state index in [1.165, 1.54) is 12.8 Å². The molecule has 7 nitrogen and oxygen atoms in total. The average molecular weight is 342 g/mol. The number of hydrogen-bond donors (Lipinski definition) is 1. The number of aliphatic hydroxyl groups is 1. The second-order valence-electron chi connectivity index (χ2n) is 7.99. The van der Waals surface area contributed by atoms with Gasteiger partial charge in [0.1, 0.15) is 5.82 Å². The quantitative estimate of drug-likeness (QED) is 0.906. The van der Waals surface area contributed by atoms with Crippen LogP contribution in [0.15, 0.2) is 12.1 Å². The molecule has 0 bridgehead atoms. The van der Waals surface area contributed by atoms with Crippen molar-refractivity contribution in [2.45, 2.75) is 50.0 Å². The molecule has 0 unspecified atom stereocenters. The Morgan fingerprint density at radius 1 is 1.04 bits per heavy atom. The van der Waals surface area contributed by atoms with E-state index in [1.807, 2.05) is 10.6 Å². The van der Waals surface area contributed by atoms with E-state index >= 15 is 0 Å². The minimum atomic E-state index is -0.415. The van der Waals surface area contributed by atoms with E-state index < -0.39 is 5.60 Å². The summed E-state index contributed by atoms with van der Waals surface area (Å²) in [7, 11) is 0. The Labute approximate surface area is 147 Å². The van der Waals surface area contributed by atoms with E-state index in [2.05, 4.69) is 26.1 Å². The number of aromatic nitrogens is 4. The van der Waals surface area contributed by atoms with Crippen LogP contribution in [0.25, 0.3) is 5.65 Å². The number of likely N-dealkylation sites (tertiary alicyclic amines) is 1. The van der Waals surface area contributed by atoms with Crippen LogP contribution in [-0.2, 0) is 0 Å². The lowest BCUT2D eigenvalue weighted by molar-refractivity contribution is -0.0623. The molecular weight excluding hydrogens is 316 g/mol. The summed E-state index contributed by atoms with van der Waals surface area (Å²) in [5.74, 6) is 2.44. The lowest BCUT2D eigenvalue weighted by Gasteiger charge is -2.42. The third-order valence-electron chi connectivity index (χ3n) is 6.21. The standard InChI is InChI=1S/C18H26N6O/c25-18(7-1-8-18)13-22-11-5-14(6-12-22)17-20-19-15-3-4-16(21-24(15)17)23-9-2-10-23/h3-4,14,25H,1-2,5-13H2. The normalized spacial score (nSPS) is 24.3. The predicted octanol–water partition coefficient (Wildman–Crippen LogP) is 1.43. The zero-order chi connectivity index (χ0) is 16.9. The first-order chi connectivity index (χ1) is 12.2. The minimum absolute atomic E-state index is 0.404. The van der Waals surface area contributed by atoms with E-state index in [0.29, 0.717) is 5.92 Å². The van der Waals surface area contributed by atoms with Crippen molar-refractivity contribution in [3.63, 3.8) is 0 Å². The van der Waals surface area contributed by atoms with Gasteiger partial charge in [-0.2, -0.15) is 4.52 Å². The van der Waals surface area contributed by atoms with Gasteiger partial charge in [0.05, 0.1) is 5.60 Å². The van der Waals surface area contributed by atoms with Crippen molar-refractivity contribution >= 4 is 11.5 Å². The Balaban J connectivity index is 1.30. The molecule has 3 fully saturated rings. The summed E-state index contributed by atoms with van der Waals surface area (Å²) in [6.07, 6.45) is 6.47. The Morgan fingerprint density at radius 3 is 2.48 bits per heavy atom. The molecule has 1 aliphatic carbocycles. The predicted molar refractivity (Wildman–Crippen MR) is 94.8 cm³/mol. The van der Waals surface area contributed by atoms with Crippen LogP contribution < -0.4 is 4.90 Å². The van der Waals surface area contributed by atoms with Crippen LogP contribution in [0.5, 0.6) is 0 Å². The zero-order valence-electron chi connectivity index (χ0n) is 14.6. The number of piperidine rings is 1. The van der Waals surface area contributed by atoms with Gasteiger partial charge in [-0.05, 0) is 63.7 Å². The molecule has 0 aromatic carbocycles. The van der Waals surface area contributed by atoms with Crippen molar-refractivity contribution in [3.05, 3.63) is 18.0 Å². The first-order valence-electron chi connectivity index (χ1n) is 9.62. The van der Waals surface area contributed by atoms with Gasteiger partial charge in [-0.1, -0.05) is 0 Å². The molecule has 2 aromatic heterocycles. The SMILES string of the molecule is OC1(CN2CCC(c3nnc4ccc(N5CCC5)nn34)CC2)CCC1. The second kappa shape index (κ2) is 5.92. The van der Waals surface area contributed by atoms with Gasteiger partial charge in [-0.3, -0.25) is 0 Å².